The average Bonchev–Trinajstić information content (AvgIpc) is 3.39. The number of aromatic nitrogens is 3. The second-order valence-corrected chi connectivity index (χ2v) is 10.3. The van der Waals surface area contributed by atoms with Crippen molar-refractivity contribution in [2.24, 2.45) is 18.0 Å². The van der Waals surface area contributed by atoms with Crippen molar-refractivity contribution in [2.45, 2.75) is 45.6 Å². The van der Waals surface area contributed by atoms with Gasteiger partial charge in [-0.25, -0.2) is 9.67 Å². The van der Waals surface area contributed by atoms with Crippen molar-refractivity contribution in [3.63, 3.8) is 0 Å². The fourth-order valence-electron chi connectivity index (χ4n) is 5.17. The second kappa shape index (κ2) is 9.73. The standard InChI is InChI=1S/C27H29N5O3S/c1-18-10-7-8-15-23(18)30-24(20-11-9-14-22(16-20)32(34)35)17-36-27(30)28-25-19(2)29(3)31(26(25)33)21-12-5-4-6-13-21/h4-6,9,11-14,16-18,23H,7-8,10,15H2,1-3H3. The molecule has 0 aliphatic heterocycles. The molecule has 1 saturated carbocycles. The van der Waals surface area contributed by atoms with E-state index in [1.807, 2.05) is 60.4 Å². The molecule has 36 heavy (non-hydrogen) atoms. The molecule has 5 rings (SSSR count). The minimum atomic E-state index is -0.367. The minimum Gasteiger partial charge on any atom is -0.313 e. The molecule has 8 nitrogen and oxygen atoms in total. The van der Waals surface area contributed by atoms with E-state index in [4.69, 9.17) is 4.99 Å². The quantitative estimate of drug-likeness (QED) is 0.251. The van der Waals surface area contributed by atoms with Gasteiger partial charge in [-0.2, -0.15) is 0 Å². The lowest BCUT2D eigenvalue weighted by Gasteiger charge is -2.31. The summed E-state index contributed by atoms with van der Waals surface area (Å²) in [5, 5.41) is 13.4. The van der Waals surface area contributed by atoms with Crippen LogP contribution in [-0.2, 0) is 7.05 Å². The molecule has 0 amide bonds. The lowest BCUT2D eigenvalue weighted by Crippen LogP contribution is -2.29. The molecule has 2 aromatic carbocycles. The lowest BCUT2D eigenvalue weighted by molar-refractivity contribution is -0.384. The van der Waals surface area contributed by atoms with Crippen LogP contribution in [-0.4, -0.2) is 18.9 Å². The average molecular weight is 504 g/mol. The third kappa shape index (κ3) is 4.24. The van der Waals surface area contributed by atoms with Gasteiger partial charge in [0.2, 0.25) is 0 Å². The minimum absolute atomic E-state index is 0.0603. The van der Waals surface area contributed by atoms with Crippen LogP contribution >= 0.6 is 11.3 Å². The van der Waals surface area contributed by atoms with Gasteiger partial charge in [-0.15, -0.1) is 11.3 Å². The number of hydrogen-bond donors (Lipinski definition) is 0. The zero-order chi connectivity index (χ0) is 25.4. The number of benzene rings is 2. The first-order valence-electron chi connectivity index (χ1n) is 12.2. The van der Waals surface area contributed by atoms with Crippen molar-refractivity contribution >= 4 is 22.7 Å². The Morgan fingerprint density at radius 1 is 1.08 bits per heavy atom. The molecule has 2 aromatic heterocycles. The third-order valence-corrected chi connectivity index (χ3v) is 8.06. The third-order valence-electron chi connectivity index (χ3n) is 7.22. The summed E-state index contributed by atoms with van der Waals surface area (Å²) >= 11 is 1.47. The Labute approximate surface area is 212 Å². The molecule has 0 spiro atoms. The predicted octanol–water partition coefficient (Wildman–Crippen LogP) is 5.91. The van der Waals surface area contributed by atoms with E-state index in [0.29, 0.717) is 11.6 Å². The van der Waals surface area contributed by atoms with E-state index in [1.54, 1.807) is 16.8 Å². The number of nitro groups is 1. The van der Waals surface area contributed by atoms with Gasteiger partial charge < -0.3 is 4.57 Å². The van der Waals surface area contributed by atoms with E-state index in [2.05, 4.69) is 11.5 Å². The Balaban J connectivity index is 1.72. The van der Waals surface area contributed by atoms with Gasteiger partial charge >= 0.3 is 0 Å². The Hall–Kier alpha value is -3.72. The topological polar surface area (TPSA) is 87.4 Å². The first kappa shape index (κ1) is 24.0. The number of para-hydroxylation sites is 1. The highest BCUT2D eigenvalue weighted by molar-refractivity contribution is 7.07. The first-order valence-corrected chi connectivity index (χ1v) is 13.1. The van der Waals surface area contributed by atoms with Gasteiger partial charge in [0.15, 0.2) is 10.5 Å². The molecule has 2 unspecified atom stereocenters. The fraction of sp³-hybridized carbons (Fsp3) is 0.333. The molecule has 1 fully saturated rings. The predicted molar refractivity (Wildman–Crippen MR) is 142 cm³/mol. The molecule has 0 saturated heterocycles. The monoisotopic (exact) mass is 503 g/mol. The second-order valence-electron chi connectivity index (χ2n) is 9.43. The largest absolute Gasteiger partial charge is 0.313 e. The van der Waals surface area contributed by atoms with E-state index in [1.165, 1.54) is 23.8 Å². The summed E-state index contributed by atoms with van der Waals surface area (Å²) in [7, 11) is 1.86. The van der Waals surface area contributed by atoms with Crippen molar-refractivity contribution in [2.75, 3.05) is 0 Å². The van der Waals surface area contributed by atoms with Crippen molar-refractivity contribution < 1.29 is 4.92 Å². The first-order chi connectivity index (χ1) is 17.4. The van der Waals surface area contributed by atoms with Gasteiger partial charge in [0.05, 0.1) is 22.0 Å². The molecule has 0 bridgehead atoms. The van der Waals surface area contributed by atoms with Crippen LogP contribution < -0.4 is 10.4 Å². The molecule has 9 heteroatoms. The zero-order valence-electron chi connectivity index (χ0n) is 20.6. The van der Waals surface area contributed by atoms with Gasteiger partial charge in [0.25, 0.3) is 11.2 Å². The molecule has 186 valence electrons. The number of hydrogen-bond acceptors (Lipinski definition) is 5. The molecule has 2 atom stereocenters. The summed E-state index contributed by atoms with van der Waals surface area (Å²) in [5.41, 5.74) is 3.54. The SMILES string of the molecule is Cc1c(N=c2scc(-c3cccc([N+](=O)[O-])c3)n2C2CCCCC2C)c(=O)n(-c2ccccc2)n1C. The molecule has 1 aliphatic carbocycles. The molecule has 1 aliphatic rings. The van der Waals surface area contributed by atoms with Crippen molar-refractivity contribution in [1.82, 2.24) is 13.9 Å². The Bertz CT molecular complexity index is 1540. The Kier molecular flexibility index (Phi) is 6.49. The number of nitro benzene ring substituents is 1. The Morgan fingerprint density at radius 2 is 1.83 bits per heavy atom. The van der Waals surface area contributed by atoms with Crippen LogP contribution in [0, 0.1) is 23.0 Å². The highest BCUT2D eigenvalue weighted by atomic mass is 32.1. The van der Waals surface area contributed by atoms with E-state index >= 15 is 0 Å². The summed E-state index contributed by atoms with van der Waals surface area (Å²) in [5.74, 6) is 0.433. The summed E-state index contributed by atoms with van der Waals surface area (Å²) in [4.78, 5) is 30.3. The fourth-order valence-corrected chi connectivity index (χ4v) is 6.13. The lowest BCUT2D eigenvalue weighted by atomic mass is 9.85. The van der Waals surface area contributed by atoms with Crippen molar-refractivity contribution in [3.05, 3.63) is 90.9 Å². The molecular formula is C27H29N5O3S. The maximum Gasteiger partial charge on any atom is 0.297 e. The van der Waals surface area contributed by atoms with Crippen LogP contribution in [0.5, 0.6) is 0 Å². The maximum atomic E-state index is 13.5. The zero-order valence-corrected chi connectivity index (χ0v) is 21.4. The van der Waals surface area contributed by atoms with Gasteiger partial charge in [-0.3, -0.25) is 19.6 Å². The maximum absolute atomic E-state index is 13.5. The van der Waals surface area contributed by atoms with Gasteiger partial charge in [0.1, 0.15) is 0 Å². The summed E-state index contributed by atoms with van der Waals surface area (Å²) in [6, 6.07) is 16.5. The van der Waals surface area contributed by atoms with Gasteiger partial charge in [-0.05, 0) is 37.8 Å². The normalized spacial score (nSPS) is 18.5. The van der Waals surface area contributed by atoms with Gasteiger partial charge in [-0.1, -0.05) is 50.1 Å². The molecule has 2 heterocycles. The van der Waals surface area contributed by atoms with E-state index < -0.39 is 0 Å². The van der Waals surface area contributed by atoms with Crippen molar-refractivity contribution in [1.29, 1.82) is 0 Å². The van der Waals surface area contributed by atoms with Crippen LogP contribution in [0.4, 0.5) is 11.4 Å². The summed E-state index contributed by atoms with van der Waals surface area (Å²) in [6.45, 7) is 4.16. The number of nitrogens with zero attached hydrogens (tertiary/aromatic N) is 5. The highest BCUT2D eigenvalue weighted by Gasteiger charge is 2.27. The van der Waals surface area contributed by atoms with Crippen LogP contribution in [0.1, 0.15) is 44.3 Å². The summed E-state index contributed by atoms with van der Waals surface area (Å²) < 4.78 is 5.68. The van der Waals surface area contributed by atoms with E-state index in [0.717, 1.165) is 46.7 Å². The van der Waals surface area contributed by atoms with E-state index in [-0.39, 0.29) is 22.2 Å². The molecular weight excluding hydrogens is 474 g/mol. The van der Waals surface area contributed by atoms with Gasteiger partial charge in [0, 0.05) is 36.2 Å². The molecule has 0 radical (unpaired) electrons. The number of non-ortho nitro benzene ring substituents is 1. The van der Waals surface area contributed by atoms with Crippen molar-refractivity contribution in [3.8, 4) is 16.9 Å². The van der Waals surface area contributed by atoms with Crippen LogP contribution in [0.3, 0.4) is 0 Å². The smallest absolute Gasteiger partial charge is 0.297 e. The van der Waals surface area contributed by atoms with E-state index in [9.17, 15) is 14.9 Å². The van der Waals surface area contributed by atoms with Crippen LogP contribution in [0.15, 0.2) is 69.8 Å². The van der Waals surface area contributed by atoms with Crippen LogP contribution in [0.25, 0.3) is 16.9 Å². The Morgan fingerprint density at radius 3 is 2.56 bits per heavy atom. The molecule has 4 aromatic rings. The summed E-state index contributed by atoms with van der Waals surface area (Å²) in [6.07, 6.45) is 4.44. The number of rotatable bonds is 5. The highest BCUT2D eigenvalue weighted by Crippen LogP contribution is 2.37. The number of thiazole rings is 1. The molecule has 0 N–H and O–H groups in total. The van der Waals surface area contributed by atoms with Crippen LogP contribution in [0.2, 0.25) is 0 Å².